The van der Waals surface area contributed by atoms with Crippen LogP contribution in [0.2, 0.25) is 0 Å². The highest BCUT2D eigenvalue weighted by Crippen LogP contribution is 2.28. The van der Waals surface area contributed by atoms with Gasteiger partial charge in [0.2, 0.25) is 0 Å². The number of nitrogens with one attached hydrogen (secondary N) is 1. The lowest BCUT2D eigenvalue weighted by Crippen LogP contribution is -3.13. The number of hydrogen-bond acceptors (Lipinski definition) is 4. The summed E-state index contributed by atoms with van der Waals surface area (Å²) in [7, 11) is 4.85. The van der Waals surface area contributed by atoms with Gasteiger partial charge in [-0.1, -0.05) is 12.1 Å². The Bertz CT molecular complexity index is 786. The second-order valence-electron chi connectivity index (χ2n) is 6.64. The first-order valence-electron chi connectivity index (χ1n) is 9.12. The Balaban J connectivity index is 1.59. The van der Waals surface area contributed by atoms with Crippen LogP contribution in [0.25, 0.3) is 0 Å². The van der Waals surface area contributed by atoms with Gasteiger partial charge in [-0.25, -0.2) is 0 Å². The number of methoxy groups -OCH3 is 3. The highest BCUT2D eigenvalue weighted by molar-refractivity contribution is 5.95. The number of benzene rings is 2. The topological polar surface area (TPSA) is 52.4 Å². The first-order valence-corrected chi connectivity index (χ1v) is 9.12. The van der Waals surface area contributed by atoms with Crippen LogP contribution >= 0.6 is 0 Å². The first-order chi connectivity index (χ1) is 13.1. The van der Waals surface area contributed by atoms with Crippen molar-refractivity contribution < 1.29 is 23.9 Å². The molecule has 0 atom stereocenters. The molecule has 27 heavy (non-hydrogen) atoms. The summed E-state index contributed by atoms with van der Waals surface area (Å²) < 4.78 is 15.8. The Morgan fingerprint density at radius 3 is 2.37 bits per heavy atom. The summed E-state index contributed by atoms with van der Waals surface area (Å²) in [4.78, 5) is 16.2. The van der Waals surface area contributed by atoms with Gasteiger partial charge in [-0.3, -0.25) is 4.79 Å². The van der Waals surface area contributed by atoms with Gasteiger partial charge in [0.15, 0.2) is 11.5 Å². The Kier molecular flexibility index (Phi) is 6.19. The molecule has 6 heteroatoms. The van der Waals surface area contributed by atoms with Gasteiger partial charge < -0.3 is 24.0 Å². The van der Waals surface area contributed by atoms with Crippen molar-refractivity contribution in [2.45, 2.75) is 6.54 Å². The van der Waals surface area contributed by atoms with Gasteiger partial charge in [0.25, 0.3) is 5.91 Å². The van der Waals surface area contributed by atoms with E-state index in [0.717, 1.165) is 38.5 Å². The number of amides is 1. The van der Waals surface area contributed by atoms with E-state index in [2.05, 4.69) is 12.1 Å². The van der Waals surface area contributed by atoms with Gasteiger partial charge in [-0.15, -0.1) is 0 Å². The molecule has 0 spiro atoms. The third-order valence-corrected chi connectivity index (χ3v) is 4.98. The number of quaternary nitrogens is 1. The second-order valence-corrected chi connectivity index (χ2v) is 6.64. The fraction of sp³-hybridized carbons (Fsp3) is 0.381. The number of carbonyl (C=O) groups is 1. The lowest BCUT2D eigenvalue weighted by atomic mass is 10.1. The molecule has 1 amide bonds. The van der Waals surface area contributed by atoms with E-state index in [0.29, 0.717) is 17.1 Å². The summed E-state index contributed by atoms with van der Waals surface area (Å²) in [5.74, 6) is 2.12. The van der Waals surface area contributed by atoms with Crippen molar-refractivity contribution in [1.29, 1.82) is 0 Å². The molecule has 1 aliphatic heterocycles. The van der Waals surface area contributed by atoms with Crippen LogP contribution in [0, 0.1) is 0 Å². The molecule has 0 unspecified atom stereocenters. The monoisotopic (exact) mass is 371 g/mol. The van der Waals surface area contributed by atoms with Crippen LogP contribution in [0.5, 0.6) is 17.2 Å². The molecule has 144 valence electrons. The van der Waals surface area contributed by atoms with Crippen LogP contribution in [0.3, 0.4) is 0 Å². The van der Waals surface area contributed by atoms with Crippen LogP contribution in [0.15, 0.2) is 42.5 Å². The van der Waals surface area contributed by atoms with Crippen LogP contribution in [0.4, 0.5) is 0 Å². The van der Waals surface area contributed by atoms with Crippen molar-refractivity contribution in [3.05, 3.63) is 53.6 Å². The van der Waals surface area contributed by atoms with E-state index < -0.39 is 0 Å². The third-order valence-electron chi connectivity index (χ3n) is 4.98. The van der Waals surface area contributed by atoms with Gasteiger partial charge in [0.1, 0.15) is 12.3 Å². The fourth-order valence-electron chi connectivity index (χ4n) is 3.43. The first kappa shape index (κ1) is 19.0. The highest BCUT2D eigenvalue weighted by Gasteiger charge is 2.25. The average molecular weight is 371 g/mol. The van der Waals surface area contributed by atoms with Crippen molar-refractivity contribution in [1.82, 2.24) is 4.90 Å². The molecule has 0 saturated carbocycles. The Hall–Kier alpha value is -2.73. The Morgan fingerprint density at radius 2 is 1.70 bits per heavy atom. The summed E-state index contributed by atoms with van der Waals surface area (Å²) in [6, 6.07) is 13.5. The minimum Gasteiger partial charge on any atom is -0.497 e. The zero-order chi connectivity index (χ0) is 19.2. The maximum absolute atomic E-state index is 12.8. The minimum atomic E-state index is 0.0383. The molecule has 2 aromatic carbocycles. The molecule has 1 heterocycles. The lowest BCUT2D eigenvalue weighted by Gasteiger charge is -2.32. The van der Waals surface area contributed by atoms with E-state index in [1.807, 2.05) is 17.0 Å². The van der Waals surface area contributed by atoms with Crippen molar-refractivity contribution in [3.63, 3.8) is 0 Å². The van der Waals surface area contributed by atoms with Crippen LogP contribution in [-0.4, -0.2) is 58.3 Å². The summed E-state index contributed by atoms with van der Waals surface area (Å²) in [5.41, 5.74) is 1.88. The van der Waals surface area contributed by atoms with Crippen molar-refractivity contribution >= 4 is 5.91 Å². The number of ether oxygens (including phenoxy) is 3. The molecule has 3 rings (SSSR count). The molecule has 0 bridgehead atoms. The molecule has 1 fully saturated rings. The Morgan fingerprint density at radius 1 is 0.963 bits per heavy atom. The van der Waals surface area contributed by atoms with Crippen LogP contribution in [0.1, 0.15) is 15.9 Å². The zero-order valence-electron chi connectivity index (χ0n) is 16.2. The van der Waals surface area contributed by atoms with Crippen molar-refractivity contribution in [3.8, 4) is 17.2 Å². The fourth-order valence-corrected chi connectivity index (χ4v) is 3.43. The smallest absolute Gasteiger partial charge is 0.254 e. The number of carbonyl (C=O) groups excluding carboxylic acids is 1. The summed E-state index contributed by atoms with van der Waals surface area (Å²) in [6.45, 7) is 4.28. The van der Waals surface area contributed by atoms with E-state index in [9.17, 15) is 4.79 Å². The summed E-state index contributed by atoms with van der Waals surface area (Å²) in [5, 5.41) is 0. The molecule has 1 saturated heterocycles. The lowest BCUT2D eigenvalue weighted by molar-refractivity contribution is -0.917. The minimum absolute atomic E-state index is 0.0383. The second kappa shape index (κ2) is 8.77. The van der Waals surface area contributed by atoms with E-state index in [1.54, 1.807) is 39.5 Å². The van der Waals surface area contributed by atoms with E-state index in [1.165, 1.54) is 10.5 Å². The molecule has 0 radical (unpaired) electrons. The van der Waals surface area contributed by atoms with Crippen LogP contribution < -0.4 is 19.1 Å². The zero-order valence-corrected chi connectivity index (χ0v) is 16.2. The maximum Gasteiger partial charge on any atom is 0.254 e. The third kappa shape index (κ3) is 4.52. The van der Waals surface area contributed by atoms with Crippen LogP contribution in [-0.2, 0) is 6.54 Å². The average Bonchev–Trinajstić information content (AvgIpc) is 2.73. The van der Waals surface area contributed by atoms with E-state index in [4.69, 9.17) is 14.2 Å². The molecule has 2 aromatic rings. The number of piperazine rings is 1. The molecule has 1 N–H and O–H groups in total. The number of rotatable bonds is 6. The SMILES string of the molecule is COc1cccc(C[NH+]2CCN(C(=O)c3ccc(OC)c(OC)c3)CC2)c1. The maximum atomic E-state index is 12.8. The number of hydrogen-bond donors (Lipinski definition) is 1. The molecule has 0 aliphatic carbocycles. The van der Waals surface area contributed by atoms with Gasteiger partial charge in [0.05, 0.1) is 47.5 Å². The number of nitrogens with zero attached hydrogens (tertiary/aromatic N) is 1. The molecular formula is C21H27N2O4+. The van der Waals surface area contributed by atoms with Gasteiger partial charge in [0, 0.05) is 11.1 Å². The normalized spacial score (nSPS) is 14.7. The largest absolute Gasteiger partial charge is 0.497 e. The van der Waals surface area contributed by atoms with Gasteiger partial charge in [-0.05, 0) is 30.3 Å². The predicted octanol–water partition coefficient (Wildman–Crippen LogP) is 1.25. The summed E-state index contributed by atoms with van der Waals surface area (Å²) in [6.07, 6.45) is 0. The Labute approximate surface area is 160 Å². The van der Waals surface area contributed by atoms with Crippen molar-refractivity contribution in [2.75, 3.05) is 47.5 Å². The van der Waals surface area contributed by atoms with Gasteiger partial charge >= 0.3 is 0 Å². The molecular weight excluding hydrogens is 344 g/mol. The molecule has 6 nitrogen and oxygen atoms in total. The van der Waals surface area contributed by atoms with Crippen molar-refractivity contribution in [2.24, 2.45) is 0 Å². The van der Waals surface area contributed by atoms with E-state index in [-0.39, 0.29) is 5.91 Å². The molecule has 0 aromatic heterocycles. The predicted molar refractivity (Wildman–Crippen MR) is 103 cm³/mol. The standard InChI is InChI=1S/C21H26N2O4/c1-25-18-6-4-5-16(13-18)15-22-9-11-23(12-10-22)21(24)17-7-8-19(26-2)20(14-17)27-3/h4-8,13-14H,9-12,15H2,1-3H3/p+1. The molecule has 1 aliphatic rings. The summed E-state index contributed by atoms with van der Waals surface area (Å²) >= 11 is 0. The quantitative estimate of drug-likeness (QED) is 0.831. The van der Waals surface area contributed by atoms with E-state index >= 15 is 0 Å². The van der Waals surface area contributed by atoms with Gasteiger partial charge in [-0.2, -0.15) is 0 Å². The highest BCUT2D eigenvalue weighted by atomic mass is 16.5.